The van der Waals surface area contributed by atoms with E-state index in [1.807, 2.05) is 24.3 Å². The fourth-order valence-electron chi connectivity index (χ4n) is 2.58. The topological polar surface area (TPSA) is 71.7 Å². The maximum atomic E-state index is 12.5. The predicted octanol–water partition coefficient (Wildman–Crippen LogP) is 4.13. The Balaban J connectivity index is 2.19. The zero-order chi connectivity index (χ0) is 18.0. The van der Waals surface area contributed by atoms with Gasteiger partial charge in [0.15, 0.2) is 4.80 Å². The highest BCUT2D eigenvalue weighted by molar-refractivity contribution is 7.16. The van der Waals surface area contributed by atoms with Crippen molar-refractivity contribution in [2.45, 2.75) is 19.4 Å². The van der Waals surface area contributed by atoms with E-state index in [9.17, 15) is 14.7 Å². The number of carbonyl (C=O) groups excluding carboxylic acids is 1. The smallest absolute Gasteiger partial charge is 0.326 e. The first-order chi connectivity index (χ1) is 12.0. The van der Waals surface area contributed by atoms with Crippen LogP contribution < -0.4 is 4.80 Å². The van der Waals surface area contributed by atoms with Crippen molar-refractivity contribution in [1.82, 2.24) is 4.57 Å². The number of carboxylic acid groups (broad SMARTS) is 1. The van der Waals surface area contributed by atoms with Crippen LogP contribution in [-0.2, 0) is 4.79 Å². The minimum absolute atomic E-state index is 0.371. The van der Waals surface area contributed by atoms with E-state index in [1.54, 1.807) is 35.8 Å². The lowest BCUT2D eigenvalue weighted by atomic mass is 10.2. The van der Waals surface area contributed by atoms with Gasteiger partial charge in [0.25, 0.3) is 5.91 Å². The number of carbonyl (C=O) groups is 2. The van der Waals surface area contributed by atoms with Crippen LogP contribution in [0, 0.1) is 0 Å². The highest BCUT2D eigenvalue weighted by atomic mass is 35.5. The third-order valence-corrected chi connectivity index (χ3v) is 5.09. The monoisotopic (exact) mass is 374 g/mol. The molecule has 7 heteroatoms. The fraction of sp³-hybridized carbons (Fsp3) is 0.167. The van der Waals surface area contributed by atoms with Crippen LogP contribution >= 0.6 is 22.9 Å². The quantitative estimate of drug-likeness (QED) is 0.746. The molecule has 3 rings (SSSR count). The lowest BCUT2D eigenvalue weighted by molar-refractivity contribution is -0.140. The predicted molar refractivity (Wildman–Crippen MR) is 98.1 cm³/mol. The van der Waals surface area contributed by atoms with Crippen molar-refractivity contribution >= 4 is 45.0 Å². The van der Waals surface area contributed by atoms with Gasteiger partial charge in [0.1, 0.15) is 6.04 Å². The molecule has 0 saturated heterocycles. The molecule has 128 valence electrons. The summed E-state index contributed by atoms with van der Waals surface area (Å²) in [5.74, 6) is -1.39. The first kappa shape index (κ1) is 17.4. The van der Waals surface area contributed by atoms with Gasteiger partial charge in [-0.2, -0.15) is 4.99 Å². The van der Waals surface area contributed by atoms with E-state index in [-0.39, 0.29) is 0 Å². The Kier molecular flexibility index (Phi) is 5.01. The van der Waals surface area contributed by atoms with Crippen molar-refractivity contribution in [2.24, 2.45) is 4.99 Å². The van der Waals surface area contributed by atoms with Crippen LogP contribution in [0.15, 0.2) is 53.5 Å². The van der Waals surface area contributed by atoms with Crippen LogP contribution in [0.4, 0.5) is 0 Å². The first-order valence-corrected chi connectivity index (χ1v) is 8.88. The summed E-state index contributed by atoms with van der Waals surface area (Å²) in [6.45, 7) is 1.79. The number of rotatable bonds is 4. The number of carboxylic acids is 1. The normalized spacial score (nSPS) is 13.1. The van der Waals surface area contributed by atoms with E-state index in [1.165, 1.54) is 11.3 Å². The van der Waals surface area contributed by atoms with Crippen molar-refractivity contribution in [1.29, 1.82) is 0 Å². The molecular weight excluding hydrogens is 360 g/mol. The molecule has 0 radical (unpaired) electrons. The summed E-state index contributed by atoms with van der Waals surface area (Å²) in [6.07, 6.45) is 0.387. The van der Waals surface area contributed by atoms with Gasteiger partial charge >= 0.3 is 5.97 Å². The second kappa shape index (κ2) is 7.21. The SMILES string of the molecule is CCC(C(=O)O)n1c(=NC(=O)c2ccc(Cl)cc2)sc2ccccc21. The number of benzene rings is 2. The van der Waals surface area contributed by atoms with Crippen LogP contribution in [0.5, 0.6) is 0 Å². The van der Waals surface area contributed by atoms with E-state index >= 15 is 0 Å². The van der Waals surface area contributed by atoms with E-state index in [0.717, 1.165) is 10.2 Å². The average Bonchev–Trinajstić information content (AvgIpc) is 2.94. The van der Waals surface area contributed by atoms with E-state index < -0.39 is 17.9 Å². The Labute approximate surface area is 152 Å². The lowest BCUT2D eigenvalue weighted by Gasteiger charge is -2.13. The van der Waals surface area contributed by atoms with E-state index in [4.69, 9.17) is 11.6 Å². The number of para-hydroxylation sites is 1. The molecule has 0 fully saturated rings. The van der Waals surface area contributed by atoms with Crippen LogP contribution in [0.2, 0.25) is 5.02 Å². The maximum Gasteiger partial charge on any atom is 0.326 e. The van der Waals surface area contributed by atoms with Gasteiger partial charge in [-0.25, -0.2) is 4.79 Å². The zero-order valence-electron chi connectivity index (χ0n) is 13.3. The van der Waals surface area contributed by atoms with Crippen molar-refractivity contribution in [2.75, 3.05) is 0 Å². The Morgan fingerprint density at radius 2 is 1.88 bits per heavy atom. The Morgan fingerprint density at radius 3 is 2.52 bits per heavy atom. The maximum absolute atomic E-state index is 12.5. The number of hydrogen-bond acceptors (Lipinski definition) is 3. The van der Waals surface area contributed by atoms with Gasteiger partial charge in [-0.3, -0.25) is 4.79 Å². The second-order valence-corrected chi connectivity index (χ2v) is 6.85. The summed E-state index contributed by atoms with van der Waals surface area (Å²) < 4.78 is 2.50. The molecule has 1 atom stereocenters. The van der Waals surface area contributed by atoms with Crippen molar-refractivity contribution in [3.05, 3.63) is 63.9 Å². The highest BCUT2D eigenvalue weighted by Gasteiger charge is 2.21. The Morgan fingerprint density at radius 1 is 1.20 bits per heavy atom. The number of fused-ring (bicyclic) bond motifs is 1. The summed E-state index contributed by atoms with van der Waals surface area (Å²) in [5, 5.41) is 10.1. The molecule has 0 spiro atoms. The van der Waals surface area contributed by atoms with Gasteiger partial charge in [-0.05, 0) is 42.8 Å². The van der Waals surface area contributed by atoms with E-state index in [2.05, 4.69) is 4.99 Å². The molecule has 0 aliphatic rings. The molecule has 1 amide bonds. The third kappa shape index (κ3) is 3.50. The highest BCUT2D eigenvalue weighted by Crippen LogP contribution is 2.22. The molecule has 1 N–H and O–H groups in total. The molecule has 0 bridgehead atoms. The Bertz CT molecular complexity index is 1010. The minimum atomic E-state index is -0.952. The molecule has 2 aromatic carbocycles. The first-order valence-electron chi connectivity index (χ1n) is 7.68. The third-order valence-electron chi connectivity index (χ3n) is 3.80. The number of halogens is 1. The van der Waals surface area contributed by atoms with Crippen LogP contribution in [-0.4, -0.2) is 21.6 Å². The molecule has 5 nitrogen and oxygen atoms in total. The molecule has 0 aliphatic carbocycles. The van der Waals surface area contributed by atoms with Crippen LogP contribution in [0.25, 0.3) is 10.2 Å². The van der Waals surface area contributed by atoms with Gasteiger partial charge < -0.3 is 9.67 Å². The number of thiazole rings is 1. The van der Waals surface area contributed by atoms with Crippen LogP contribution in [0.1, 0.15) is 29.7 Å². The molecule has 1 heterocycles. The van der Waals surface area contributed by atoms with Gasteiger partial charge in [0.05, 0.1) is 10.2 Å². The number of amides is 1. The summed E-state index contributed by atoms with van der Waals surface area (Å²) in [6, 6.07) is 13.1. The zero-order valence-corrected chi connectivity index (χ0v) is 14.9. The van der Waals surface area contributed by atoms with Gasteiger partial charge in [0.2, 0.25) is 0 Å². The molecule has 25 heavy (non-hydrogen) atoms. The molecular formula is C18H15ClN2O3S. The number of hydrogen-bond donors (Lipinski definition) is 1. The fourth-order valence-corrected chi connectivity index (χ4v) is 3.78. The molecule has 3 aromatic rings. The van der Waals surface area contributed by atoms with E-state index in [0.29, 0.717) is 21.8 Å². The summed E-state index contributed by atoms with van der Waals surface area (Å²) in [7, 11) is 0. The molecule has 0 saturated carbocycles. The Hall–Kier alpha value is -2.44. The minimum Gasteiger partial charge on any atom is -0.480 e. The molecule has 1 aromatic heterocycles. The number of aromatic nitrogens is 1. The van der Waals surface area contributed by atoms with Gasteiger partial charge in [-0.15, -0.1) is 0 Å². The van der Waals surface area contributed by atoms with Crippen molar-refractivity contribution in [3.8, 4) is 0 Å². The summed E-state index contributed by atoms with van der Waals surface area (Å²) in [5.41, 5.74) is 1.15. The summed E-state index contributed by atoms with van der Waals surface area (Å²) >= 11 is 7.14. The second-order valence-electron chi connectivity index (χ2n) is 5.41. The van der Waals surface area contributed by atoms with Gasteiger partial charge in [-0.1, -0.05) is 42.0 Å². The average molecular weight is 375 g/mol. The lowest BCUT2D eigenvalue weighted by Crippen LogP contribution is -2.27. The number of aliphatic carboxylic acids is 1. The largest absolute Gasteiger partial charge is 0.480 e. The van der Waals surface area contributed by atoms with Crippen molar-refractivity contribution < 1.29 is 14.7 Å². The van der Waals surface area contributed by atoms with Crippen molar-refractivity contribution in [3.63, 3.8) is 0 Å². The number of nitrogens with zero attached hydrogens (tertiary/aromatic N) is 2. The molecule has 0 aliphatic heterocycles. The standard InChI is InChI=1S/C18H15ClN2O3S/c1-2-13(17(23)24)21-14-5-3-4-6-15(14)25-18(21)20-16(22)11-7-9-12(19)10-8-11/h3-10,13H,2H2,1H3,(H,23,24). The van der Waals surface area contributed by atoms with Crippen LogP contribution in [0.3, 0.4) is 0 Å². The summed E-state index contributed by atoms with van der Waals surface area (Å²) in [4.78, 5) is 28.7. The van der Waals surface area contributed by atoms with Gasteiger partial charge in [0, 0.05) is 10.6 Å². The molecule has 1 unspecified atom stereocenters.